The van der Waals surface area contributed by atoms with Gasteiger partial charge in [-0.05, 0) is 11.6 Å². The van der Waals surface area contributed by atoms with Crippen molar-refractivity contribution >= 4 is 23.2 Å². The standard InChI is InChI=1S/C9H11Cl2FN2/c1-9(2,4-13)5-3-6(12)8(11)14-7(5)10/h3H,4,13H2,1-2H3. The fourth-order valence-corrected chi connectivity index (χ4v) is 1.61. The van der Waals surface area contributed by atoms with Crippen LogP contribution in [0.1, 0.15) is 19.4 Å². The highest BCUT2D eigenvalue weighted by molar-refractivity contribution is 6.33. The zero-order chi connectivity index (χ0) is 10.9. The van der Waals surface area contributed by atoms with E-state index in [-0.39, 0.29) is 10.3 Å². The molecule has 1 heterocycles. The van der Waals surface area contributed by atoms with E-state index < -0.39 is 11.2 Å². The first kappa shape index (κ1) is 11.7. The summed E-state index contributed by atoms with van der Waals surface area (Å²) in [6, 6.07) is 1.28. The Morgan fingerprint density at radius 2 is 2.00 bits per heavy atom. The van der Waals surface area contributed by atoms with Gasteiger partial charge in [0.1, 0.15) is 5.15 Å². The number of hydrogen-bond acceptors (Lipinski definition) is 2. The van der Waals surface area contributed by atoms with Crippen molar-refractivity contribution < 1.29 is 4.39 Å². The monoisotopic (exact) mass is 236 g/mol. The lowest BCUT2D eigenvalue weighted by Crippen LogP contribution is -2.28. The Hall–Kier alpha value is -0.380. The zero-order valence-electron chi connectivity index (χ0n) is 7.94. The molecule has 14 heavy (non-hydrogen) atoms. The number of hydrogen-bond donors (Lipinski definition) is 1. The minimum Gasteiger partial charge on any atom is -0.330 e. The molecule has 0 atom stereocenters. The van der Waals surface area contributed by atoms with Crippen molar-refractivity contribution in [2.75, 3.05) is 6.54 Å². The van der Waals surface area contributed by atoms with Gasteiger partial charge in [0.05, 0.1) is 0 Å². The van der Waals surface area contributed by atoms with E-state index in [1.807, 2.05) is 13.8 Å². The molecule has 0 aliphatic rings. The molecule has 1 rings (SSSR count). The molecule has 0 saturated heterocycles. The first-order chi connectivity index (χ1) is 6.38. The van der Waals surface area contributed by atoms with Crippen LogP contribution in [-0.4, -0.2) is 11.5 Å². The van der Waals surface area contributed by atoms with Gasteiger partial charge in [-0.2, -0.15) is 0 Å². The smallest absolute Gasteiger partial charge is 0.166 e. The van der Waals surface area contributed by atoms with Gasteiger partial charge in [-0.1, -0.05) is 37.0 Å². The fraction of sp³-hybridized carbons (Fsp3) is 0.444. The summed E-state index contributed by atoms with van der Waals surface area (Å²) in [6.07, 6.45) is 0. The summed E-state index contributed by atoms with van der Waals surface area (Å²) in [5.74, 6) is -0.576. The Labute approximate surface area is 92.2 Å². The summed E-state index contributed by atoms with van der Waals surface area (Å²) in [7, 11) is 0. The van der Waals surface area contributed by atoms with Crippen LogP contribution in [0.5, 0.6) is 0 Å². The summed E-state index contributed by atoms with van der Waals surface area (Å²) in [5.41, 5.74) is 5.72. The summed E-state index contributed by atoms with van der Waals surface area (Å²) < 4.78 is 13.1. The summed E-state index contributed by atoms with van der Waals surface area (Å²) in [4.78, 5) is 3.69. The lowest BCUT2D eigenvalue weighted by molar-refractivity contribution is 0.527. The van der Waals surface area contributed by atoms with Crippen LogP contribution in [-0.2, 0) is 5.41 Å². The van der Waals surface area contributed by atoms with Gasteiger partial charge in [0, 0.05) is 12.0 Å². The van der Waals surface area contributed by atoms with Crippen LogP contribution >= 0.6 is 23.2 Å². The van der Waals surface area contributed by atoms with E-state index in [4.69, 9.17) is 28.9 Å². The Morgan fingerprint density at radius 3 is 2.50 bits per heavy atom. The molecule has 2 N–H and O–H groups in total. The lowest BCUT2D eigenvalue weighted by atomic mass is 9.86. The second kappa shape index (κ2) is 4.01. The number of pyridine rings is 1. The molecule has 1 aromatic rings. The summed E-state index contributed by atoms with van der Waals surface area (Å²) in [5, 5.41) is -0.0154. The minimum absolute atomic E-state index is 0.201. The van der Waals surface area contributed by atoms with E-state index in [9.17, 15) is 4.39 Å². The fourth-order valence-electron chi connectivity index (χ4n) is 1.03. The average molecular weight is 237 g/mol. The normalized spacial score (nSPS) is 11.9. The molecular weight excluding hydrogens is 226 g/mol. The third-order valence-electron chi connectivity index (χ3n) is 2.13. The third kappa shape index (κ3) is 2.16. The van der Waals surface area contributed by atoms with Crippen LogP contribution in [0.15, 0.2) is 6.07 Å². The first-order valence-electron chi connectivity index (χ1n) is 4.10. The second-order valence-electron chi connectivity index (χ2n) is 3.69. The molecule has 0 amide bonds. The molecule has 5 heteroatoms. The Bertz CT molecular complexity index is 353. The Balaban J connectivity index is 3.29. The van der Waals surface area contributed by atoms with E-state index in [1.54, 1.807) is 0 Å². The van der Waals surface area contributed by atoms with Crippen LogP contribution in [0.2, 0.25) is 10.3 Å². The SMILES string of the molecule is CC(C)(CN)c1cc(F)c(Cl)nc1Cl. The van der Waals surface area contributed by atoms with E-state index in [2.05, 4.69) is 4.98 Å². The van der Waals surface area contributed by atoms with E-state index in [0.717, 1.165) is 0 Å². The van der Waals surface area contributed by atoms with Crippen LogP contribution in [0, 0.1) is 5.82 Å². The molecule has 2 nitrogen and oxygen atoms in total. The summed E-state index contributed by atoms with van der Waals surface area (Å²) >= 11 is 11.3. The number of aromatic nitrogens is 1. The first-order valence-corrected chi connectivity index (χ1v) is 4.86. The summed E-state index contributed by atoms with van der Waals surface area (Å²) in [6.45, 7) is 4.09. The maximum Gasteiger partial charge on any atom is 0.166 e. The zero-order valence-corrected chi connectivity index (χ0v) is 9.45. The van der Waals surface area contributed by atoms with Crippen molar-refractivity contribution in [1.82, 2.24) is 4.98 Å². The number of nitrogens with zero attached hydrogens (tertiary/aromatic N) is 1. The van der Waals surface area contributed by atoms with E-state index in [0.29, 0.717) is 12.1 Å². The molecule has 0 radical (unpaired) electrons. The number of nitrogens with two attached hydrogens (primary N) is 1. The van der Waals surface area contributed by atoms with Crippen LogP contribution in [0.4, 0.5) is 4.39 Å². The van der Waals surface area contributed by atoms with Gasteiger partial charge in [-0.3, -0.25) is 0 Å². The predicted octanol–water partition coefficient (Wildman–Crippen LogP) is 2.76. The van der Waals surface area contributed by atoms with Crippen molar-refractivity contribution in [3.8, 4) is 0 Å². The van der Waals surface area contributed by atoms with Gasteiger partial charge in [0.15, 0.2) is 11.0 Å². The van der Waals surface area contributed by atoms with Gasteiger partial charge < -0.3 is 5.73 Å². The van der Waals surface area contributed by atoms with Gasteiger partial charge in [0.25, 0.3) is 0 Å². The van der Waals surface area contributed by atoms with Gasteiger partial charge in [-0.15, -0.1) is 0 Å². The molecule has 0 aromatic carbocycles. The third-order valence-corrected chi connectivity index (χ3v) is 2.68. The molecule has 78 valence electrons. The van der Waals surface area contributed by atoms with Crippen molar-refractivity contribution in [2.45, 2.75) is 19.3 Å². The van der Waals surface area contributed by atoms with Gasteiger partial charge >= 0.3 is 0 Å². The molecule has 0 aliphatic carbocycles. The van der Waals surface area contributed by atoms with Crippen molar-refractivity contribution in [3.05, 3.63) is 27.8 Å². The average Bonchev–Trinajstić information content (AvgIpc) is 2.11. The quantitative estimate of drug-likeness (QED) is 0.803. The Kier molecular flexibility index (Phi) is 3.35. The number of rotatable bonds is 2. The minimum atomic E-state index is -0.576. The highest BCUT2D eigenvalue weighted by atomic mass is 35.5. The largest absolute Gasteiger partial charge is 0.330 e. The molecule has 0 saturated carbocycles. The van der Waals surface area contributed by atoms with E-state index >= 15 is 0 Å². The van der Waals surface area contributed by atoms with Crippen LogP contribution in [0.3, 0.4) is 0 Å². The van der Waals surface area contributed by atoms with Gasteiger partial charge in [0.2, 0.25) is 0 Å². The molecule has 0 bridgehead atoms. The highest BCUT2D eigenvalue weighted by Crippen LogP contribution is 2.30. The van der Waals surface area contributed by atoms with Crippen molar-refractivity contribution in [3.63, 3.8) is 0 Å². The molecule has 0 aliphatic heterocycles. The molecule has 0 spiro atoms. The maximum atomic E-state index is 13.1. The number of halogens is 3. The van der Waals surface area contributed by atoms with E-state index in [1.165, 1.54) is 6.07 Å². The highest BCUT2D eigenvalue weighted by Gasteiger charge is 2.24. The lowest BCUT2D eigenvalue weighted by Gasteiger charge is -2.23. The van der Waals surface area contributed by atoms with Crippen LogP contribution in [0.25, 0.3) is 0 Å². The molecule has 0 fully saturated rings. The maximum absolute atomic E-state index is 13.1. The Morgan fingerprint density at radius 1 is 1.43 bits per heavy atom. The molecular formula is C9H11Cl2FN2. The van der Waals surface area contributed by atoms with Gasteiger partial charge in [-0.25, -0.2) is 9.37 Å². The van der Waals surface area contributed by atoms with Crippen molar-refractivity contribution in [2.24, 2.45) is 5.73 Å². The molecule has 0 unspecified atom stereocenters. The topological polar surface area (TPSA) is 38.9 Å². The van der Waals surface area contributed by atoms with Crippen LogP contribution < -0.4 is 5.73 Å². The van der Waals surface area contributed by atoms with Crippen molar-refractivity contribution in [1.29, 1.82) is 0 Å². The second-order valence-corrected chi connectivity index (χ2v) is 4.40. The molecule has 1 aromatic heterocycles. The predicted molar refractivity (Wildman–Crippen MR) is 56.3 cm³/mol.